The number of furan rings is 1. The number of thiophene rings is 1. The molecule has 0 aliphatic carbocycles. The van der Waals surface area contributed by atoms with E-state index in [-0.39, 0.29) is 24.1 Å². The number of hydrogen-bond donors (Lipinski definition) is 0. The van der Waals surface area contributed by atoms with E-state index in [2.05, 4.69) is 21.0 Å². The molecule has 1 saturated heterocycles. The summed E-state index contributed by atoms with van der Waals surface area (Å²) in [6.07, 6.45) is 1.52. The van der Waals surface area contributed by atoms with Gasteiger partial charge in [0.05, 0.1) is 23.6 Å². The van der Waals surface area contributed by atoms with E-state index in [1.54, 1.807) is 31.3 Å². The second-order valence-corrected chi connectivity index (χ2v) is 8.86. The van der Waals surface area contributed by atoms with Crippen molar-refractivity contribution in [1.29, 1.82) is 5.26 Å². The average molecular weight is 495 g/mol. The van der Waals surface area contributed by atoms with Gasteiger partial charge in [-0.2, -0.15) is 15.2 Å². The Morgan fingerprint density at radius 1 is 1.23 bits per heavy atom. The second kappa shape index (κ2) is 9.36. The number of ether oxygens (including phenoxy) is 2. The number of carbonyl (C=O) groups is 1. The fourth-order valence-corrected chi connectivity index (χ4v) is 5.21. The standard InChI is InChI=1S/C23H22N6O5S/c1-13-17-20(32-3)26-16(12-31-2)27-21(17)35-18(13)22(30)28-6-8-29(9-7-28)23-14(11-24)25-19(34-23)15-5-4-10-33-15/h4-5,10H,6-9,12H2,1-3H3. The molecule has 1 aliphatic rings. The number of carbonyl (C=O) groups excluding carboxylic acids is 1. The lowest BCUT2D eigenvalue weighted by molar-refractivity contribution is 0.0749. The predicted molar refractivity (Wildman–Crippen MR) is 126 cm³/mol. The van der Waals surface area contributed by atoms with Crippen LogP contribution in [0.2, 0.25) is 0 Å². The number of aromatic nitrogens is 3. The highest BCUT2D eigenvalue weighted by Crippen LogP contribution is 2.36. The Morgan fingerprint density at radius 2 is 2.03 bits per heavy atom. The number of nitrogens with zero attached hydrogens (tertiary/aromatic N) is 6. The third-order valence-corrected chi connectivity index (χ3v) is 6.94. The van der Waals surface area contributed by atoms with Crippen LogP contribution in [0.15, 0.2) is 27.2 Å². The van der Waals surface area contributed by atoms with Crippen molar-refractivity contribution in [2.24, 2.45) is 0 Å². The van der Waals surface area contributed by atoms with Crippen LogP contribution in [0.3, 0.4) is 0 Å². The summed E-state index contributed by atoms with van der Waals surface area (Å²) in [6, 6.07) is 5.53. The SMILES string of the molecule is COCc1nc(OC)c2c(C)c(C(=O)N3CCN(c4oc(-c5ccco5)nc4C#N)CC3)sc2n1. The van der Waals surface area contributed by atoms with Crippen LogP contribution < -0.4 is 9.64 Å². The third kappa shape index (κ3) is 4.09. The molecule has 0 atom stereocenters. The monoisotopic (exact) mass is 494 g/mol. The van der Waals surface area contributed by atoms with Gasteiger partial charge in [-0.05, 0) is 24.6 Å². The Labute approximate surface area is 204 Å². The smallest absolute Gasteiger partial charge is 0.266 e. The lowest BCUT2D eigenvalue weighted by atomic mass is 10.2. The Hall–Kier alpha value is -3.95. The largest absolute Gasteiger partial charge is 0.480 e. The van der Waals surface area contributed by atoms with Gasteiger partial charge >= 0.3 is 0 Å². The van der Waals surface area contributed by atoms with Crippen LogP contribution in [0.4, 0.5) is 5.88 Å². The summed E-state index contributed by atoms with van der Waals surface area (Å²) in [4.78, 5) is 31.6. The summed E-state index contributed by atoms with van der Waals surface area (Å²) >= 11 is 1.33. The Balaban J connectivity index is 1.35. The maximum atomic E-state index is 13.4. The van der Waals surface area contributed by atoms with Gasteiger partial charge in [-0.15, -0.1) is 11.3 Å². The first-order valence-corrected chi connectivity index (χ1v) is 11.7. The molecule has 0 aromatic carbocycles. The minimum absolute atomic E-state index is 0.0742. The van der Waals surface area contributed by atoms with E-state index in [9.17, 15) is 10.1 Å². The number of amides is 1. The number of rotatable bonds is 6. The molecule has 0 unspecified atom stereocenters. The zero-order chi connectivity index (χ0) is 24.5. The number of aryl methyl sites for hydroxylation is 1. The van der Waals surface area contributed by atoms with Crippen molar-refractivity contribution in [3.8, 4) is 23.6 Å². The van der Waals surface area contributed by atoms with E-state index in [0.29, 0.717) is 59.2 Å². The van der Waals surface area contributed by atoms with Crippen molar-refractivity contribution < 1.29 is 23.1 Å². The molecule has 35 heavy (non-hydrogen) atoms. The quantitative estimate of drug-likeness (QED) is 0.394. The Bertz CT molecular complexity index is 1410. The van der Waals surface area contributed by atoms with E-state index < -0.39 is 0 Å². The summed E-state index contributed by atoms with van der Waals surface area (Å²) in [5.41, 5.74) is 0.984. The van der Waals surface area contributed by atoms with Gasteiger partial charge in [0.15, 0.2) is 11.6 Å². The van der Waals surface area contributed by atoms with Crippen molar-refractivity contribution in [3.63, 3.8) is 0 Å². The molecule has 0 bridgehead atoms. The van der Waals surface area contributed by atoms with Crippen LogP contribution in [-0.2, 0) is 11.3 Å². The zero-order valence-corrected chi connectivity index (χ0v) is 20.2. The highest BCUT2D eigenvalue weighted by atomic mass is 32.1. The molecule has 0 spiro atoms. The van der Waals surface area contributed by atoms with Gasteiger partial charge in [0.25, 0.3) is 11.8 Å². The predicted octanol–water partition coefficient (Wildman–Crippen LogP) is 3.24. The van der Waals surface area contributed by atoms with E-state index in [1.165, 1.54) is 17.6 Å². The number of oxazole rings is 1. The number of methoxy groups -OCH3 is 2. The first-order valence-electron chi connectivity index (χ1n) is 10.9. The molecular formula is C23H22N6O5S. The average Bonchev–Trinajstić information content (AvgIpc) is 3.62. The highest BCUT2D eigenvalue weighted by Gasteiger charge is 2.30. The molecule has 11 nitrogen and oxygen atoms in total. The second-order valence-electron chi connectivity index (χ2n) is 7.86. The van der Waals surface area contributed by atoms with E-state index in [4.69, 9.17) is 18.3 Å². The molecule has 0 saturated carbocycles. The van der Waals surface area contributed by atoms with Gasteiger partial charge < -0.3 is 28.1 Å². The van der Waals surface area contributed by atoms with Crippen molar-refractivity contribution in [2.45, 2.75) is 13.5 Å². The van der Waals surface area contributed by atoms with Crippen molar-refractivity contribution in [1.82, 2.24) is 19.9 Å². The third-order valence-electron chi connectivity index (χ3n) is 5.77. The van der Waals surface area contributed by atoms with Gasteiger partial charge in [0.2, 0.25) is 17.5 Å². The number of anilines is 1. The van der Waals surface area contributed by atoms with Crippen LogP contribution in [0.25, 0.3) is 21.9 Å². The number of piperazine rings is 1. The highest BCUT2D eigenvalue weighted by molar-refractivity contribution is 7.20. The normalized spacial score (nSPS) is 13.9. The molecule has 5 heterocycles. The molecule has 1 amide bonds. The topological polar surface area (TPSA) is 131 Å². The minimum atomic E-state index is -0.0742. The lowest BCUT2D eigenvalue weighted by Gasteiger charge is -2.34. The summed E-state index contributed by atoms with van der Waals surface area (Å²) in [6.45, 7) is 4.06. The Morgan fingerprint density at radius 3 is 2.69 bits per heavy atom. The molecule has 0 radical (unpaired) electrons. The summed E-state index contributed by atoms with van der Waals surface area (Å²) in [7, 11) is 3.12. The summed E-state index contributed by atoms with van der Waals surface area (Å²) in [5, 5.41) is 10.3. The first kappa shape index (κ1) is 22.8. The Kier molecular flexibility index (Phi) is 6.10. The summed E-state index contributed by atoms with van der Waals surface area (Å²) in [5.74, 6) is 1.95. The van der Waals surface area contributed by atoms with Gasteiger partial charge in [0, 0.05) is 33.3 Å². The molecule has 1 fully saturated rings. The van der Waals surface area contributed by atoms with E-state index >= 15 is 0 Å². The number of hydrogen-bond acceptors (Lipinski definition) is 11. The number of fused-ring (bicyclic) bond motifs is 1. The number of nitriles is 1. The van der Waals surface area contributed by atoms with Crippen LogP contribution >= 0.6 is 11.3 Å². The molecule has 1 aliphatic heterocycles. The zero-order valence-electron chi connectivity index (χ0n) is 19.4. The van der Waals surface area contributed by atoms with Crippen LogP contribution in [0, 0.1) is 18.3 Å². The first-order chi connectivity index (χ1) is 17.0. The van der Waals surface area contributed by atoms with Gasteiger partial charge in [-0.1, -0.05) is 0 Å². The molecule has 12 heteroatoms. The maximum absolute atomic E-state index is 13.4. The van der Waals surface area contributed by atoms with Crippen molar-refractivity contribution in [2.75, 3.05) is 45.3 Å². The van der Waals surface area contributed by atoms with Crippen LogP contribution in [0.1, 0.15) is 26.8 Å². The summed E-state index contributed by atoms with van der Waals surface area (Å²) < 4.78 is 21.8. The molecule has 180 valence electrons. The van der Waals surface area contributed by atoms with Crippen LogP contribution in [0.5, 0.6) is 5.88 Å². The lowest BCUT2D eigenvalue weighted by Crippen LogP contribution is -2.48. The van der Waals surface area contributed by atoms with Gasteiger partial charge in [-0.25, -0.2) is 4.98 Å². The molecule has 4 aromatic rings. The van der Waals surface area contributed by atoms with E-state index in [1.807, 2.05) is 11.8 Å². The van der Waals surface area contributed by atoms with Crippen molar-refractivity contribution >= 4 is 33.3 Å². The van der Waals surface area contributed by atoms with Crippen LogP contribution in [-0.4, -0.2) is 66.2 Å². The van der Waals surface area contributed by atoms with E-state index in [0.717, 1.165) is 10.9 Å². The molecule has 4 aromatic heterocycles. The van der Waals surface area contributed by atoms with Gasteiger partial charge in [-0.3, -0.25) is 4.79 Å². The molecule has 0 N–H and O–H groups in total. The molecular weight excluding hydrogens is 472 g/mol. The maximum Gasteiger partial charge on any atom is 0.266 e. The fourth-order valence-electron chi connectivity index (χ4n) is 4.05. The molecule has 5 rings (SSSR count). The van der Waals surface area contributed by atoms with Crippen molar-refractivity contribution in [3.05, 3.63) is 40.4 Å². The fraction of sp³-hybridized carbons (Fsp3) is 0.348. The minimum Gasteiger partial charge on any atom is -0.480 e. The van der Waals surface area contributed by atoms with Gasteiger partial charge in [0.1, 0.15) is 17.5 Å².